The second kappa shape index (κ2) is 7.02. The van der Waals surface area contributed by atoms with E-state index in [-0.39, 0.29) is 5.97 Å². The Morgan fingerprint density at radius 3 is 2.30 bits per heavy atom. The number of ether oxygens (including phenoxy) is 1. The quantitative estimate of drug-likeness (QED) is 0.639. The monoisotopic (exact) mass is 339 g/mol. The smallest absolute Gasteiger partial charge is 0.315 e. The minimum atomic E-state index is -0.512. The van der Waals surface area contributed by atoms with Gasteiger partial charge in [0.15, 0.2) is 0 Å². The summed E-state index contributed by atoms with van der Waals surface area (Å²) in [7, 11) is 0. The first kappa shape index (κ1) is 16.9. The molecular formula is C16H22BrNO2. The van der Waals surface area contributed by atoms with Crippen LogP contribution in [-0.2, 0) is 16.0 Å². The lowest BCUT2D eigenvalue weighted by Crippen LogP contribution is -2.32. The maximum Gasteiger partial charge on any atom is 0.315 e. The first-order valence-electron chi connectivity index (χ1n) is 6.77. The molecule has 0 spiro atoms. The van der Waals surface area contributed by atoms with Gasteiger partial charge in [0.25, 0.3) is 0 Å². The van der Waals surface area contributed by atoms with E-state index >= 15 is 0 Å². The number of carbonyl (C=O) groups excluding carboxylic acids is 1. The van der Waals surface area contributed by atoms with Gasteiger partial charge in [0.2, 0.25) is 0 Å². The van der Waals surface area contributed by atoms with Crippen molar-refractivity contribution in [1.82, 2.24) is 0 Å². The first-order valence-corrected chi connectivity index (χ1v) is 7.57. The third-order valence-corrected chi connectivity index (χ3v) is 3.36. The van der Waals surface area contributed by atoms with Crippen molar-refractivity contribution in [2.45, 2.75) is 46.1 Å². The van der Waals surface area contributed by atoms with Crippen molar-refractivity contribution in [3.05, 3.63) is 34.3 Å². The Morgan fingerprint density at radius 2 is 1.85 bits per heavy atom. The maximum atomic E-state index is 12.1. The van der Waals surface area contributed by atoms with Crippen LogP contribution >= 0.6 is 15.9 Å². The SMILES string of the molecule is CC[C@@H](C(=N)Cc1ccc(Br)cc1)C(=O)OC(C)(C)C. The molecule has 1 rings (SSSR count). The zero-order valence-electron chi connectivity index (χ0n) is 12.5. The molecule has 1 N–H and O–H groups in total. The standard InChI is InChI=1S/C16H22BrNO2/c1-5-13(15(19)20-16(2,3)4)14(18)10-11-6-8-12(17)9-7-11/h6-9,13,18H,5,10H2,1-4H3/t13-/m0/s1. The molecule has 0 aromatic heterocycles. The van der Waals surface area contributed by atoms with Gasteiger partial charge in [0, 0.05) is 16.6 Å². The molecule has 3 nitrogen and oxygen atoms in total. The molecular weight excluding hydrogens is 318 g/mol. The van der Waals surface area contributed by atoms with E-state index in [2.05, 4.69) is 15.9 Å². The van der Waals surface area contributed by atoms with Crippen molar-refractivity contribution in [1.29, 1.82) is 5.41 Å². The highest BCUT2D eigenvalue weighted by Crippen LogP contribution is 2.18. The molecule has 4 heteroatoms. The predicted octanol–water partition coefficient (Wildman–Crippen LogP) is 4.38. The molecule has 0 saturated carbocycles. The van der Waals surface area contributed by atoms with Gasteiger partial charge in [0.05, 0.1) is 5.92 Å². The fourth-order valence-electron chi connectivity index (χ4n) is 1.87. The predicted molar refractivity (Wildman–Crippen MR) is 85.2 cm³/mol. The summed E-state index contributed by atoms with van der Waals surface area (Å²) in [5.41, 5.74) is 0.923. The van der Waals surface area contributed by atoms with E-state index in [4.69, 9.17) is 10.1 Å². The topological polar surface area (TPSA) is 50.2 Å². The summed E-state index contributed by atoms with van der Waals surface area (Å²) in [6, 6.07) is 7.80. The molecule has 0 aliphatic heterocycles. The molecule has 0 radical (unpaired) electrons. The number of nitrogens with one attached hydrogen (secondary N) is 1. The number of carbonyl (C=O) groups is 1. The van der Waals surface area contributed by atoms with Gasteiger partial charge in [-0.25, -0.2) is 0 Å². The van der Waals surface area contributed by atoms with Gasteiger partial charge in [-0.05, 0) is 44.9 Å². The second-order valence-electron chi connectivity index (χ2n) is 5.82. The van der Waals surface area contributed by atoms with Gasteiger partial charge < -0.3 is 10.1 Å². The molecule has 0 heterocycles. The summed E-state index contributed by atoms with van der Waals surface area (Å²) in [5.74, 6) is -0.764. The average Bonchev–Trinajstić information content (AvgIpc) is 2.30. The van der Waals surface area contributed by atoms with E-state index in [1.807, 2.05) is 52.0 Å². The zero-order valence-corrected chi connectivity index (χ0v) is 14.1. The second-order valence-corrected chi connectivity index (χ2v) is 6.74. The van der Waals surface area contributed by atoms with Gasteiger partial charge in [-0.15, -0.1) is 0 Å². The van der Waals surface area contributed by atoms with Gasteiger partial charge in [-0.1, -0.05) is 35.0 Å². The zero-order chi connectivity index (χ0) is 15.3. The van der Waals surface area contributed by atoms with E-state index < -0.39 is 11.5 Å². The average molecular weight is 340 g/mol. The lowest BCUT2D eigenvalue weighted by molar-refractivity contribution is -0.157. The van der Waals surface area contributed by atoms with Crippen molar-refractivity contribution in [2.75, 3.05) is 0 Å². The minimum Gasteiger partial charge on any atom is -0.459 e. The van der Waals surface area contributed by atoms with Crippen molar-refractivity contribution in [2.24, 2.45) is 5.92 Å². The molecule has 1 atom stereocenters. The summed E-state index contributed by atoms with van der Waals surface area (Å²) in [6.07, 6.45) is 1.06. The molecule has 110 valence electrons. The molecule has 0 bridgehead atoms. The lowest BCUT2D eigenvalue weighted by atomic mass is 9.94. The number of esters is 1. The fourth-order valence-corrected chi connectivity index (χ4v) is 2.14. The lowest BCUT2D eigenvalue weighted by Gasteiger charge is -2.23. The highest BCUT2D eigenvalue weighted by molar-refractivity contribution is 9.10. The van der Waals surface area contributed by atoms with Crippen molar-refractivity contribution in [3.8, 4) is 0 Å². The fraction of sp³-hybridized carbons (Fsp3) is 0.500. The van der Waals surface area contributed by atoms with E-state index in [1.54, 1.807) is 0 Å². The highest BCUT2D eigenvalue weighted by Gasteiger charge is 2.27. The summed E-state index contributed by atoms with van der Waals surface area (Å²) in [6.45, 7) is 7.44. The van der Waals surface area contributed by atoms with Crippen LogP contribution in [0.5, 0.6) is 0 Å². The van der Waals surface area contributed by atoms with Crippen LogP contribution in [0.15, 0.2) is 28.7 Å². The van der Waals surface area contributed by atoms with Crippen LogP contribution in [-0.4, -0.2) is 17.3 Å². The van der Waals surface area contributed by atoms with Crippen molar-refractivity contribution >= 4 is 27.6 Å². The molecule has 0 aliphatic rings. The van der Waals surface area contributed by atoms with Crippen molar-refractivity contribution < 1.29 is 9.53 Å². The van der Waals surface area contributed by atoms with Gasteiger partial charge in [-0.3, -0.25) is 4.79 Å². The Morgan fingerprint density at radius 1 is 1.30 bits per heavy atom. The number of halogens is 1. The molecule has 0 unspecified atom stereocenters. The Bertz CT molecular complexity index is 474. The van der Waals surface area contributed by atoms with Crippen LogP contribution in [0.1, 0.15) is 39.7 Å². The largest absolute Gasteiger partial charge is 0.459 e. The Balaban J connectivity index is 2.72. The molecule has 1 aromatic carbocycles. The third kappa shape index (κ3) is 5.45. The number of hydrogen-bond donors (Lipinski definition) is 1. The van der Waals surface area contributed by atoms with Crippen LogP contribution in [0.2, 0.25) is 0 Å². The molecule has 0 fully saturated rings. The van der Waals surface area contributed by atoms with Gasteiger partial charge in [-0.2, -0.15) is 0 Å². The summed E-state index contributed by atoms with van der Waals surface area (Å²) in [4.78, 5) is 12.1. The van der Waals surface area contributed by atoms with Crippen LogP contribution in [0, 0.1) is 11.3 Å². The molecule has 20 heavy (non-hydrogen) atoms. The van der Waals surface area contributed by atoms with E-state index in [0.717, 1.165) is 10.0 Å². The van der Waals surface area contributed by atoms with Crippen LogP contribution in [0.3, 0.4) is 0 Å². The maximum absolute atomic E-state index is 12.1. The van der Waals surface area contributed by atoms with Crippen LogP contribution in [0.4, 0.5) is 0 Å². The van der Waals surface area contributed by atoms with Crippen molar-refractivity contribution in [3.63, 3.8) is 0 Å². The number of rotatable bonds is 5. The number of hydrogen-bond acceptors (Lipinski definition) is 3. The Hall–Kier alpha value is -1.16. The van der Waals surface area contributed by atoms with E-state index in [9.17, 15) is 4.79 Å². The van der Waals surface area contributed by atoms with E-state index in [0.29, 0.717) is 18.6 Å². The van der Waals surface area contributed by atoms with Crippen LogP contribution in [0.25, 0.3) is 0 Å². The normalized spacial score (nSPS) is 12.8. The van der Waals surface area contributed by atoms with Crippen LogP contribution < -0.4 is 0 Å². The molecule has 0 aliphatic carbocycles. The number of benzene rings is 1. The van der Waals surface area contributed by atoms with E-state index in [1.165, 1.54) is 0 Å². The summed E-state index contributed by atoms with van der Waals surface area (Å²) in [5, 5.41) is 8.16. The summed E-state index contributed by atoms with van der Waals surface area (Å²) < 4.78 is 6.39. The van der Waals surface area contributed by atoms with Gasteiger partial charge in [0.1, 0.15) is 5.60 Å². The molecule has 1 aromatic rings. The Kier molecular flexibility index (Phi) is 5.93. The third-order valence-electron chi connectivity index (χ3n) is 2.83. The first-order chi connectivity index (χ1) is 9.23. The molecule has 0 saturated heterocycles. The molecule has 0 amide bonds. The highest BCUT2D eigenvalue weighted by atomic mass is 79.9. The van der Waals surface area contributed by atoms with Gasteiger partial charge >= 0.3 is 5.97 Å². The summed E-state index contributed by atoms with van der Waals surface area (Å²) >= 11 is 3.38. The minimum absolute atomic E-state index is 0.304. The Labute approximate surface area is 129 Å².